The van der Waals surface area contributed by atoms with Gasteiger partial charge in [-0.3, -0.25) is 0 Å². The topological polar surface area (TPSA) is 71.7 Å². The Balaban J connectivity index is 1.35. The molecule has 1 aliphatic carbocycles. The van der Waals surface area contributed by atoms with Gasteiger partial charge in [0.05, 0.1) is 13.3 Å². The zero-order chi connectivity index (χ0) is 18.2. The molecule has 0 N–H and O–H groups in total. The summed E-state index contributed by atoms with van der Waals surface area (Å²) in [4.78, 5) is 18.2. The summed E-state index contributed by atoms with van der Waals surface area (Å²) in [6.07, 6.45) is 11.8. The summed E-state index contributed by atoms with van der Waals surface area (Å²) in [5, 5.41) is 4.32. The maximum atomic E-state index is 5.30. The van der Waals surface area contributed by atoms with Crippen LogP contribution in [0, 0.1) is 0 Å². The van der Waals surface area contributed by atoms with Gasteiger partial charge >= 0.3 is 0 Å². The smallest absolute Gasteiger partial charge is 0.218 e. The summed E-state index contributed by atoms with van der Waals surface area (Å²) in [6.45, 7) is 1.96. The molecule has 0 amide bonds. The van der Waals surface area contributed by atoms with Crippen LogP contribution in [0.2, 0.25) is 0 Å². The van der Waals surface area contributed by atoms with E-state index in [1.807, 2.05) is 35.2 Å². The van der Waals surface area contributed by atoms with Gasteiger partial charge in [0, 0.05) is 43.6 Å². The quantitative estimate of drug-likeness (QED) is 0.686. The molecule has 1 saturated heterocycles. The third-order valence-electron chi connectivity index (χ3n) is 5.50. The summed E-state index contributed by atoms with van der Waals surface area (Å²) in [6, 6.07) is 5.06. The van der Waals surface area contributed by atoms with Crippen molar-refractivity contribution in [3.8, 4) is 5.88 Å². The molecule has 0 radical (unpaired) electrons. The highest BCUT2D eigenvalue weighted by atomic mass is 16.5. The van der Waals surface area contributed by atoms with Gasteiger partial charge in [-0.25, -0.2) is 19.5 Å². The lowest BCUT2D eigenvalue weighted by atomic mass is 10.0. The summed E-state index contributed by atoms with van der Waals surface area (Å²) in [5.74, 6) is 2.63. The molecule has 1 aliphatic heterocycles. The van der Waals surface area contributed by atoms with E-state index in [-0.39, 0.29) is 0 Å². The number of nitrogens with zero attached hydrogens (tertiary/aromatic N) is 7. The first-order valence-corrected chi connectivity index (χ1v) is 9.51. The zero-order valence-corrected chi connectivity index (χ0v) is 15.4. The van der Waals surface area contributed by atoms with E-state index in [0.29, 0.717) is 18.0 Å². The zero-order valence-electron chi connectivity index (χ0n) is 15.4. The van der Waals surface area contributed by atoms with Gasteiger partial charge in [-0.15, -0.1) is 0 Å². The minimum Gasteiger partial charge on any atom is -0.481 e. The Bertz CT molecular complexity index is 930. The summed E-state index contributed by atoms with van der Waals surface area (Å²) in [7, 11) is 1.65. The second kappa shape index (κ2) is 6.68. The van der Waals surface area contributed by atoms with Crippen molar-refractivity contribution in [3.63, 3.8) is 0 Å². The molecule has 2 aliphatic rings. The van der Waals surface area contributed by atoms with Crippen LogP contribution in [-0.2, 0) is 0 Å². The highest BCUT2D eigenvalue weighted by Crippen LogP contribution is 2.36. The molecule has 8 nitrogen and oxygen atoms in total. The lowest BCUT2D eigenvalue weighted by molar-refractivity contribution is 0.395. The molecule has 0 aromatic carbocycles. The highest BCUT2D eigenvalue weighted by molar-refractivity contribution is 5.68. The predicted molar refractivity (Wildman–Crippen MR) is 102 cm³/mol. The largest absolute Gasteiger partial charge is 0.481 e. The van der Waals surface area contributed by atoms with Crippen LogP contribution >= 0.6 is 0 Å². The Morgan fingerprint density at radius 2 is 1.85 bits per heavy atom. The molecule has 0 spiro atoms. The fourth-order valence-electron chi connectivity index (χ4n) is 4.05. The van der Waals surface area contributed by atoms with Crippen molar-refractivity contribution in [2.24, 2.45) is 0 Å². The number of methoxy groups -OCH3 is 1. The normalized spacial score (nSPS) is 18.0. The van der Waals surface area contributed by atoms with E-state index in [2.05, 4.69) is 29.9 Å². The molecule has 27 heavy (non-hydrogen) atoms. The van der Waals surface area contributed by atoms with E-state index in [9.17, 15) is 0 Å². The second-order valence-corrected chi connectivity index (χ2v) is 7.19. The van der Waals surface area contributed by atoms with Crippen molar-refractivity contribution in [1.29, 1.82) is 0 Å². The Labute approximate surface area is 157 Å². The van der Waals surface area contributed by atoms with Gasteiger partial charge in [0.25, 0.3) is 0 Å². The predicted octanol–water partition coefficient (Wildman–Crippen LogP) is 2.17. The molecule has 8 heteroatoms. The maximum Gasteiger partial charge on any atom is 0.218 e. The van der Waals surface area contributed by atoms with Gasteiger partial charge in [-0.2, -0.15) is 5.10 Å². The van der Waals surface area contributed by atoms with Crippen LogP contribution in [0.25, 0.3) is 5.52 Å². The third-order valence-corrected chi connectivity index (χ3v) is 5.50. The summed E-state index contributed by atoms with van der Waals surface area (Å²) in [5.41, 5.74) is 1.07. The molecule has 3 aromatic rings. The average Bonchev–Trinajstić information content (AvgIpc) is 3.43. The molecule has 4 heterocycles. The molecule has 0 atom stereocenters. The molecule has 0 unspecified atom stereocenters. The summed E-state index contributed by atoms with van der Waals surface area (Å²) >= 11 is 0. The van der Waals surface area contributed by atoms with Crippen molar-refractivity contribution in [2.45, 2.75) is 37.8 Å². The van der Waals surface area contributed by atoms with E-state index >= 15 is 0 Å². The van der Waals surface area contributed by atoms with Crippen LogP contribution in [0.3, 0.4) is 0 Å². The van der Waals surface area contributed by atoms with Crippen LogP contribution in [0.4, 0.5) is 11.6 Å². The Morgan fingerprint density at radius 1 is 1.04 bits per heavy atom. The van der Waals surface area contributed by atoms with Crippen LogP contribution < -0.4 is 14.5 Å². The van der Waals surface area contributed by atoms with Crippen LogP contribution in [-0.4, -0.2) is 56.8 Å². The number of rotatable bonds is 5. The van der Waals surface area contributed by atoms with Crippen molar-refractivity contribution >= 4 is 17.2 Å². The van der Waals surface area contributed by atoms with Crippen LogP contribution in [0.1, 0.15) is 25.7 Å². The lowest BCUT2D eigenvalue weighted by Crippen LogP contribution is -2.46. The van der Waals surface area contributed by atoms with E-state index in [4.69, 9.17) is 4.74 Å². The van der Waals surface area contributed by atoms with Crippen molar-refractivity contribution in [2.75, 3.05) is 30.0 Å². The lowest BCUT2D eigenvalue weighted by Gasteiger charge is -2.40. The van der Waals surface area contributed by atoms with E-state index in [0.717, 1.165) is 43.1 Å². The fourth-order valence-corrected chi connectivity index (χ4v) is 4.05. The van der Waals surface area contributed by atoms with Gasteiger partial charge in [0.2, 0.25) is 5.88 Å². The van der Waals surface area contributed by atoms with E-state index in [1.54, 1.807) is 13.4 Å². The number of piperidine rings is 1. The molecule has 1 saturated carbocycles. The number of fused-ring (bicyclic) bond motifs is 1. The van der Waals surface area contributed by atoms with Gasteiger partial charge in [-0.1, -0.05) is 0 Å². The first kappa shape index (κ1) is 16.3. The SMILES string of the molecule is COc1cc(N(C2CC2)C2CCN(c3nccn4nccc34)CC2)ncn1. The number of hydrogen-bond donors (Lipinski definition) is 0. The van der Waals surface area contributed by atoms with Crippen molar-refractivity contribution in [3.05, 3.63) is 37.1 Å². The van der Waals surface area contributed by atoms with Crippen molar-refractivity contribution < 1.29 is 4.74 Å². The van der Waals surface area contributed by atoms with Gasteiger partial charge in [0.1, 0.15) is 17.7 Å². The number of hydrogen-bond acceptors (Lipinski definition) is 7. The Kier molecular flexibility index (Phi) is 4.03. The minimum atomic E-state index is 0.484. The summed E-state index contributed by atoms with van der Waals surface area (Å²) < 4.78 is 7.19. The standard InChI is InChI=1S/C19H23N7O/c1-27-18-12-17(21-13-22-18)26(14-2-3-14)15-5-9-24(10-6-15)19-16-4-7-23-25(16)11-8-20-19/h4,7-8,11-15H,2-3,5-6,9-10H2,1H3. The first-order chi connectivity index (χ1) is 13.3. The average molecular weight is 365 g/mol. The van der Waals surface area contributed by atoms with Gasteiger partial charge in [-0.05, 0) is 31.7 Å². The number of anilines is 2. The highest BCUT2D eigenvalue weighted by Gasteiger charge is 2.37. The Hall–Kier alpha value is -2.90. The van der Waals surface area contributed by atoms with E-state index in [1.165, 1.54) is 12.8 Å². The molecule has 0 bridgehead atoms. The monoisotopic (exact) mass is 365 g/mol. The van der Waals surface area contributed by atoms with Gasteiger partial charge < -0.3 is 14.5 Å². The van der Waals surface area contributed by atoms with Gasteiger partial charge in [0.15, 0.2) is 5.82 Å². The molecular formula is C19H23N7O. The maximum absolute atomic E-state index is 5.30. The van der Waals surface area contributed by atoms with Crippen molar-refractivity contribution in [1.82, 2.24) is 24.6 Å². The molecule has 140 valence electrons. The molecule has 5 rings (SSSR count). The second-order valence-electron chi connectivity index (χ2n) is 7.19. The minimum absolute atomic E-state index is 0.484. The number of ether oxygens (including phenoxy) is 1. The van der Waals surface area contributed by atoms with E-state index < -0.39 is 0 Å². The number of aromatic nitrogens is 5. The third kappa shape index (κ3) is 3.05. The molecule has 2 fully saturated rings. The van der Waals surface area contributed by atoms with Crippen LogP contribution in [0.15, 0.2) is 37.1 Å². The van der Waals surface area contributed by atoms with Crippen LogP contribution in [0.5, 0.6) is 5.88 Å². The first-order valence-electron chi connectivity index (χ1n) is 9.51. The fraction of sp³-hybridized carbons (Fsp3) is 0.474. The molecule has 3 aromatic heterocycles. The Morgan fingerprint density at radius 3 is 2.63 bits per heavy atom. The molecular weight excluding hydrogens is 342 g/mol.